The van der Waals surface area contributed by atoms with Gasteiger partial charge in [0.15, 0.2) is 0 Å². The zero-order chi connectivity index (χ0) is 16.0. The van der Waals surface area contributed by atoms with Crippen LogP contribution in [0.4, 0.5) is 0 Å². The highest BCUT2D eigenvalue weighted by Gasteiger charge is 2.23. The smallest absolute Gasteiger partial charge is 0.331 e. The van der Waals surface area contributed by atoms with E-state index in [2.05, 4.69) is 4.90 Å². The van der Waals surface area contributed by atoms with E-state index in [-0.39, 0.29) is 17.2 Å². The molecule has 0 radical (unpaired) electrons. The molecule has 3 heterocycles. The molecule has 1 fully saturated rings. The van der Waals surface area contributed by atoms with Crippen LogP contribution in [0.15, 0.2) is 15.7 Å². The average Bonchev–Trinajstić information content (AvgIpc) is 2.96. The number of amides is 1. The lowest BCUT2D eigenvalue weighted by molar-refractivity contribution is 0.0669. The van der Waals surface area contributed by atoms with E-state index in [1.54, 1.807) is 18.0 Å². The Labute approximate surface area is 131 Å². The number of carbonyl (C=O) groups excluding carboxylic acids is 1. The van der Waals surface area contributed by atoms with E-state index in [1.165, 1.54) is 23.0 Å². The molecule has 1 aliphatic rings. The zero-order valence-electron chi connectivity index (χ0n) is 12.8. The van der Waals surface area contributed by atoms with Gasteiger partial charge in [-0.15, -0.1) is 11.3 Å². The van der Waals surface area contributed by atoms with Crippen LogP contribution < -0.4 is 11.2 Å². The van der Waals surface area contributed by atoms with Crippen molar-refractivity contribution in [2.75, 3.05) is 33.2 Å². The summed E-state index contributed by atoms with van der Waals surface area (Å²) in [5.74, 6) is -0.0659. The van der Waals surface area contributed by atoms with E-state index in [0.29, 0.717) is 28.2 Å². The van der Waals surface area contributed by atoms with Crippen molar-refractivity contribution in [2.24, 2.45) is 14.1 Å². The minimum absolute atomic E-state index is 0.0659. The molecule has 1 aliphatic heterocycles. The average molecular weight is 322 g/mol. The first-order chi connectivity index (χ1) is 10.4. The Morgan fingerprint density at radius 2 is 1.68 bits per heavy atom. The van der Waals surface area contributed by atoms with Crippen LogP contribution in [0.3, 0.4) is 0 Å². The monoisotopic (exact) mass is 322 g/mol. The fraction of sp³-hybridized carbons (Fsp3) is 0.500. The quantitative estimate of drug-likeness (QED) is 0.722. The number of thiophene rings is 1. The lowest BCUT2D eigenvalue weighted by atomic mass is 10.3. The van der Waals surface area contributed by atoms with Crippen molar-refractivity contribution in [1.29, 1.82) is 0 Å². The van der Waals surface area contributed by atoms with E-state index in [0.717, 1.165) is 17.7 Å². The molecule has 1 amide bonds. The molecule has 118 valence electrons. The molecule has 2 aromatic rings. The van der Waals surface area contributed by atoms with Gasteiger partial charge in [0.2, 0.25) is 0 Å². The minimum atomic E-state index is -0.377. The van der Waals surface area contributed by atoms with Gasteiger partial charge in [-0.2, -0.15) is 0 Å². The molecule has 0 unspecified atom stereocenters. The third-order valence-electron chi connectivity index (χ3n) is 4.13. The molecular weight excluding hydrogens is 304 g/mol. The first-order valence-electron chi connectivity index (χ1n) is 7.07. The van der Waals surface area contributed by atoms with Crippen LogP contribution in [-0.4, -0.2) is 58.1 Å². The molecule has 8 heteroatoms. The Morgan fingerprint density at radius 1 is 1.05 bits per heavy atom. The number of hydrogen-bond donors (Lipinski definition) is 0. The highest BCUT2D eigenvalue weighted by Crippen LogP contribution is 2.23. The summed E-state index contributed by atoms with van der Waals surface area (Å²) >= 11 is 1.21. The molecule has 0 saturated carbocycles. The van der Waals surface area contributed by atoms with Gasteiger partial charge in [-0.05, 0) is 13.1 Å². The lowest BCUT2D eigenvalue weighted by Crippen LogP contribution is -2.46. The topological polar surface area (TPSA) is 67.6 Å². The van der Waals surface area contributed by atoms with Crippen molar-refractivity contribution >= 4 is 27.5 Å². The summed E-state index contributed by atoms with van der Waals surface area (Å²) < 4.78 is 2.49. The number of nitrogens with zero attached hydrogens (tertiary/aromatic N) is 4. The van der Waals surface area contributed by atoms with Crippen LogP contribution in [0.5, 0.6) is 0 Å². The van der Waals surface area contributed by atoms with Gasteiger partial charge in [-0.25, -0.2) is 4.79 Å². The van der Waals surface area contributed by atoms with Crippen LogP contribution in [0.1, 0.15) is 9.67 Å². The maximum absolute atomic E-state index is 12.6. The van der Waals surface area contributed by atoms with E-state index in [4.69, 9.17) is 0 Å². The van der Waals surface area contributed by atoms with Crippen LogP contribution in [0.2, 0.25) is 0 Å². The van der Waals surface area contributed by atoms with Gasteiger partial charge < -0.3 is 9.80 Å². The maximum atomic E-state index is 12.6. The molecule has 0 aromatic carbocycles. The van der Waals surface area contributed by atoms with Gasteiger partial charge in [0.25, 0.3) is 11.5 Å². The SMILES string of the molecule is CN1CCN(C(=O)c2cc3c(=O)n(C)c(=O)n(C)c3s2)CC1. The molecule has 1 saturated heterocycles. The Balaban J connectivity index is 2.04. The summed E-state index contributed by atoms with van der Waals surface area (Å²) in [5.41, 5.74) is -0.732. The van der Waals surface area contributed by atoms with Crippen LogP contribution >= 0.6 is 11.3 Å². The molecular formula is C14H18N4O3S. The third-order valence-corrected chi connectivity index (χ3v) is 5.33. The summed E-state index contributed by atoms with van der Waals surface area (Å²) in [4.78, 5) is 41.8. The van der Waals surface area contributed by atoms with Crippen LogP contribution in [0, 0.1) is 0 Å². The molecule has 0 N–H and O–H groups in total. The van der Waals surface area contributed by atoms with Gasteiger partial charge in [0.1, 0.15) is 4.83 Å². The van der Waals surface area contributed by atoms with Crippen molar-refractivity contribution in [1.82, 2.24) is 18.9 Å². The number of aryl methyl sites for hydroxylation is 1. The third kappa shape index (κ3) is 2.28. The second-order valence-corrected chi connectivity index (χ2v) is 6.66. The van der Waals surface area contributed by atoms with Crippen molar-refractivity contribution < 1.29 is 4.79 Å². The number of aromatic nitrogens is 2. The van der Waals surface area contributed by atoms with E-state index in [1.807, 2.05) is 7.05 Å². The Kier molecular flexibility index (Phi) is 3.65. The molecule has 2 aromatic heterocycles. The second-order valence-electron chi connectivity index (χ2n) is 5.63. The first-order valence-corrected chi connectivity index (χ1v) is 7.89. The van der Waals surface area contributed by atoms with Crippen molar-refractivity contribution in [2.45, 2.75) is 0 Å². The number of piperazine rings is 1. The summed E-state index contributed by atoms with van der Waals surface area (Å²) in [6, 6.07) is 1.61. The molecule has 0 aliphatic carbocycles. The highest BCUT2D eigenvalue weighted by molar-refractivity contribution is 7.20. The van der Waals surface area contributed by atoms with Crippen LogP contribution in [-0.2, 0) is 14.1 Å². The molecule has 7 nitrogen and oxygen atoms in total. The Bertz CT molecular complexity index is 855. The molecule has 3 rings (SSSR count). The molecule has 0 bridgehead atoms. The van der Waals surface area contributed by atoms with E-state index >= 15 is 0 Å². The standard InChI is InChI=1S/C14H18N4O3S/c1-15-4-6-18(7-5-15)12(20)10-8-9-11(19)16(2)14(21)17(3)13(9)22-10/h8H,4-7H2,1-3H3. The molecule has 22 heavy (non-hydrogen) atoms. The largest absolute Gasteiger partial charge is 0.335 e. The van der Waals surface area contributed by atoms with E-state index < -0.39 is 0 Å². The number of rotatable bonds is 1. The van der Waals surface area contributed by atoms with Gasteiger partial charge in [-0.3, -0.25) is 18.7 Å². The normalized spacial score (nSPS) is 16.4. The summed E-state index contributed by atoms with van der Waals surface area (Å²) in [5, 5.41) is 0.423. The van der Waals surface area contributed by atoms with Crippen molar-refractivity contribution in [3.8, 4) is 0 Å². The lowest BCUT2D eigenvalue weighted by Gasteiger charge is -2.32. The fourth-order valence-corrected chi connectivity index (χ4v) is 3.71. The number of likely N-dealkylation sites (N-methyl/N-ethyl adjacent to an activating group) is 1. The summed E-state index contributed by atoms with van der Waals surface area (Å²) in [6.45, 7) is 3.05. The Hall–Kier alpha value is -1.93. The zero-order valence-corrected chi connectivity index (χ0v) is 13.6. The van der Waals surface area contributed by atoms with Gasteiger partial charge in [-0.1, -0.05) is 0 Å². The molecule has 0 atom stereocenters. The number of hydrogen-bond acceptors (Lipinski definition) is 5. The highest BCUT2D eigenvalue weighted by atomic mass is 32.1. The van der Waals surface area contributed by atoms with Gasteiger partial charge in [0.05, 0.1) is 10.3 Å². The summed E-state index contributed by atoms with van der Waals surface area (Å²) in [6.07, 6.45) is 0. The van der Waals surface area contributed by atoms with Crippen LogP contribution in [0.25, 0.3) is 10.2 Å². The fourth-order valence-electron chi connectivity index (χ4n) is 2.63. The minimum Gasteiger partial charge on any atom is -0.335 e. The van der Waals surface area contributed by atoms with Crippen molar-refractivity contribution in [3.05, 3.63) is 31.8 Å². The molecule has 0 spiro atoms. The second kappa shape index (κ2) is 5.36. The number of carbonyl (C=O) groups is 1. The predicted molar refractivity (Wildman–Crippen MR) is 85.7 cm³/mol. The van der Waals surface area contributed by atoms with Crippen molar-refractivity contribution in [3.63, 3.8) is 0 Å². The first kappa shape index (κ1) is 15.0. The predicted octanol–water partition coefficient (Wildman–Crippen LogP) is -0.314. The van der Waals surface area contributed by atoms with Gasteiger partial charge >= 0.3 is 5.69 Å². The maximum Gasteiger partial charge on any atom is 0.331 e. The summed E-state index contributed by atoms with van der Waals surface area (Å²) in [7, 11) is 5.09. The van der Waals surface area contributed by atoms with Gasteiger partial charge in [0, 0.05) is 40.3 Å². The van der Waals surface area contributed by atoms with E-state index in [9.17, 15) is 14.4 Å². The number of fused-ring (bicyclic) bond motifs is 1. The Morgan fingerprint density at radius 3 is 2.32 bits per heavy atom.